The normalized spacial score (nSPS) is 35.3. The first-order valence-electron chi connectivity index (χ1n) is 5.74. The van der Waals surface area contributed by atoms with Gasteiger partial charge in [-0.15, -0.1) is 0 Å². The zero-order valence-electron chi connectivity index (χ0n) is 8.86. The maximum Gasteiger partial charge on any atom is 0.0838 e. The van der Waals surface area contributed by atoms with Gasteiger partial charge in [0, 0.05) is 0 Å². The van der Waals surface area contributed by atoms with Gasteiger partial charge in [0.2, 0.25) is 0 Å². The molecule has 0 aromatic carbocycles. The van der Waals surface area contributed by atoms with Crippen LogP contribution in [-0.2, 0) is 4.74 Å². The lowest BCUT2D eigenvalue weighted by Crippen LogP contribution is -2.28. The van der Waals surface area contributed by atoms with Gasteiger partial charge in [-0.3, -0.25) is 0 Å². The van der Waals surface area contributed by atoms with E-state index in [-0.39, 0.29) is 12.2 Å². The van der Waals surface area contributed by atoms with Crippen LogP contribution in [0.15, 0.2) is 12.2 Å². The Hall–Kier alpha value is -0.340. The molecule has 14 heavy (non-hydrogen) atoms. The Morgan fingerprint density at radius 3 is 2.64 bits per heavy atom. The molecule has 1 N–H and O–H groups in total. The van der Waals surface area contributed by atoms with Crippen LogP contribution in [0.2, 0.25) is 0 Å². The van der Waals surface area contributed by atoms with Gasteiger partial charge >= 0.3 is 0 Å². The molecule has 2 rings (SSSR count). The molecule has 2 aliphatic rings. The van der Waals surface area contributed by atoms with E-state index in [4.69, 9.17) is 4.74 Å². The fraction of sp³-hybridized carbons (Fsp3) is 0.833. The summed E-state index contributed by atoms with van der Waals surface area (Å²) in [5.74, 6) is 0.657. The molecule has 1 saturated heterocycles. The van der Waals surface area contributed by atoms with Crippen molar-refractivity contribution in [1.82, 2.24) is 0 Å². The Morgan fingerprint density at radius 1 is 1.36 bits per heavy atom. The second-order valence-corrected chi connectivity index (χ2v) is 4.67. The topological polar surface area (TPSA) is 29.5 Å². The Morgan fingerprint density at radius 2 is 2.07 bits per heavy atom. The molecule has 0 saturated carbocycles. The van der Waals surface area contributed by atoms with Crippen LogP contribution in [0.5, 0.6) is 0 Å². The summed E-state index contributed by atoms with van der Waals surface area (Å²) in [5.41, 5.74) is 0. The van der Waals surface area contributed by atoms with Crippen molar-refractivity contribution in [2.24, 2.45) is 5.92 Å². The van der Waals surface area contributed by atoms with Gasteiger partial charge in [0.25, 0.3) is 0 Å². The molecule has 3 atom stereocenters. The molecule has 0 aromatic rings. The van der Waals surface area contributed by atoms with Crippen LogP contribution in [0.4, 0.5) is 0 Å². The Labute approximate surface area is 86.0 Å². The van der Waals surface area contributed by atoms with Crippen molar-refractivity contribution in [3.05, 3.63) is 12.2 Å². The second kappa shape index (κ2) is 4.45. The van der Waals surface area contributed by atoms with Gasteiger partial charge in [-0.1, -0.05) is 12.2 Å². The second-order valence-electron chi connectivity index (χ2n) is 4.67. The molecule has 0 amide bonds. The maximum atomic E-state index is 9.97. The van der Waals surface area contributed by atoms with Gasteiger partial charge in [-0.25, -0.2) is 0 Å². The molecule has 2 nitrogen and oxygen atoms in total. The number of hydrogen-bond donors (Lipinski definition) is 1. The first-order chi connectivity index (χ1) is 6.75. The van der Waals surface area contributed by atoms with Crippen molar-refractivity contribution in [1.29, 1.82) is 0 Å². The number of hydrogen-bond acceptors (Lipinski definition) is 2. The molecular formula is C12H20O2. The molecule has 3 unspecified atom stereocenters. The zero-order chi connectivity index (χ0) is 9.97. The van der Waals surface area contributed by atoms with Gasteiger partial charge in [0.1, 0.15) is 0 Å². The molecule has 1 fully saturated rings. The lowest BCUT2D eigenvalue weighted by Gasteiger charge is -2.21. The number of rotatable bonds is 3. The van der Waals surface area contributed by atoms with E-state index < -0.39 is 0 Å². The van der Waals surface area contributed by atoms with Crippen molar-refractivity contribution in [3.8, 4) is 0 Å². The summed E-state index contributed by atoms with van der Waals surface area (Å²) in [6, 6.07) is 0. The predicted molar refractivity (Wildman–Crippen MR) is 56.1 cm³/mol. The molecule has 2 heteroatoms. The number of aliphatic hydroxyl groups is 1. The molecular weight excluding hydrogens is 176 g/mol. The van der Waals surface area contributed by atoms with Gasteiger partial charge in [-0.05, 0) is 44.9 Å². The van der Waals surface area contributed by atoms with Crippen LogP contribution < -0.4 is 0 Å². The van der Waals surface area contributed by atoms with E-state index in [0.717, 1.165) is 32.1 Å². The first-order valence-corrected chi connectivity index (χ1v) is 5.74. The van der Waals surface area contributed by atoms with Gasteiger partial charge in [0.05, 0.1) is 18.3 Å². The van der Waals surface area contributed by atoms with Crippen molar-refractivity contribution in [3.63, 3.8) is 0 Å². The predicted octanol–water partition coefficient (Wildman–Crippen LogP) is 2.27. The van der Waals surface area contributed by atoms with Gasteiger partial charge < -0.3 is 9.84 Å². The monoisotopic (exact) mass is 196 g/mol. The fourth-order valence-corrected chi connectivity index (χ4v) is 2.48. The molecule has 1 aliphatic heterocycles. The minimum atomic E-state index is -0.246. The minimum Gasteiger partial charge on any atom is -0.390 e. The van der Waals surface area contributed by atoms with E-state index in [2.05, 4.69) is 19.1 Å². The average Bonchev–Trinajstić information content (AvgIpc) is 2.75. The Bertz CT molecular complexity index is 204. The Kier molecular flexibility index (Phi) is 3.24. The zero-order valence-corrected chi connectivity index (χ0v) is 8.86. The van der Waals surface area contributed by atoms with Crippen molar-refractivity contribution in [2.75, 3.05) is 0 Å². The molecule has 0 bridgehead atoms. The molecule has 1 aliphatic carbocycles. The largest absolute Gasteiger partial charge is 0.390 e. The highest BCUT2D eigenvalue weighted by molar-refractivity contribution is 4.95. The van der Waals surface area contributed by atoms with Crippen LogP contribution >= 0.6 is 0 Å². The van der Waals surface area contributed by atoms with E-state index in [1.807, 2.05) is 0 Å². The molecule has 0 spiro atoms. The van der Waals surface area contributed by atoms with Crippen LogP contribution in [0.1, 0.15) is 39.0 Å². The summed E-state index contributed by atoms with van der Waals surface area (Å²) < 4.78 is 5.66. The fourth-order valence-electron chi connectivity index (χ4n) is 2.48. The lowest BCUT2D eigenvalue weighted by atomic mass is 9.95. The first kappa shape index (κ1) is 10.2. The van der Waals surface area contributed by atoms with Crippen molar-refractivity contribution >= 4 is 0 Å². The summed E-state index contributed by atoms with van der Waals surface area (Å²) in [5, 5.41) is 9.97. The van der Waals surface area contributed by atoms with E-state index in [9.17, 15) is 5.11 Å². The molecule has 1 heterocycles. The average molecular weight is 196 g/mol. The molecule has 80 valence electrons. The van der Waals surface area contributed by atoms with Crippen LogP contribution in [0.3, 0.4) is 0 Å². The smallest absolute Gasteiger partial charge is 0.0838 e. The summed E-state index contributed by atoms with van der Waals surface area (Å²) in [4.78, 5) is 0. The number of allylic oxidation sites excluding steroid dienone is 2. The summed E-state index contributed by atoms with van der Waals surface area (Å²) in [7, 11) is 0. The SMILES string of the molecule is CC1CCC(C(O)CC2CC=CC2)O1. The van der Waals surface area contributed by atoms with Gasteiger partial charge in [0.15, 0.2) is 0 Å². The third-order valence-corrected chi connectivity index (χ3v) is 3.37. The molecule has 0 radical (unpaired) electrons. The minimum absolute atomic E-state index is 0.102. The van der Waals surface area contributed by atoms with Crippen LogP contribution in [0, 0.1) is 5.92 Å². The highest BCUT2D eigenvalue weighted by atomic mass is 16.5. The van der Waals surface area contributed by atoms with E-state index in [0.29, 0.717) is 12.0 Å². The summed E-state index contributed by atoms with van der Waals surface area (Å²) in [6.45, 7) is 2.09. The number of aliphatic hydroxyl groups excluding tert-OH is 1. The van der Waals surface area contributed by atoms with Crippen molar-refractivity contribution in [2.45, 2.75) is 57.3 Å². The highest BCUT2D eigenvalue weighted by Crippen LogP contribution is 2.28. The number of ether oxygens (including phenoxy) is 1. The summed E-state index contributed by atoms with van der Waals surface area (Å²) in [6.07, 6.45) is 9.95. The third-order valence-electron chi connectivity index (χ3n) is 3.37. The quantitative estimate of drug-likeness (QED) is 0.702. The Balaban J connectivity index is 1.74. The van der Waals surface area contributed by atoms with Gasteiger partial charge in [-0.2, -0.15) is 0 Å². The van der Waals surface area contributed by atoms with E-state index in [1.54, 1.807) is 0 Å². The summed E-state index contributed by atoms with van der Waals surface area (Å²) >= 11 is 0. The van der Waals surface area contributed by atoms with E-state index in [1.165, 1.54) is 0 Å². The maximum absolute atomic E-state index is 9.97. The van der Waals surface area contributed by atoms with Crippen molar-refractivity contribution < 1.29 is 9.84 Å². The van der Waals surface area contributed by atoms with Crippen LogP contribution in [-0.4, -0.2) is 23.4 Å². The third kappa shape index (κ3) is 2.37. The highest BCUT2D eigenvalue weighted by Gasteiger charge is 2.29. The van der Waals surface area contributed by atoms with E-state index >= 15 is 0 Å². The standard InChI is InChI=1S/C12H20O2/c1-9-6-7-12(14-9)11(13)8-10-4-2-3-5-10/h2-3,9-13H,4-8H2,1H3. The lowest BCUT2D eigenvalue weighted by molar-refractivity contribution is -0.0368. The van der Waals surface area contributed by atoms with Crippen LogP contribution in [0.25, 0.3) is 0 Å². The molecule has 0 aromatic heterocycles.